The van der Waals surface area contributed by atoms with Crippen molar-refractivity contribution in [3.8, 4) is 0 Å². The molecule has 0 radical (unpaired) electrons. The minimum atomic E-state index is 0.692. The quantitative estimate of drug-likeness (QED) is 0.644. The molecule has 0 atom stereocenters. The molecule has 2 rings (SSSR count). The summed E-state index contributed by atoms with van der Waals surface area (Å²) in [4.78, 5) is 0. The summed E-state index contributed by atoms with van der Waals surface area (Å²) in [6.45, 7) is 3.48. The van der Waals surface area contributed by atoms with Gasteiger partial charge in [0.1, 0.15) is 0 Å². The summed E-state index contributed by atoms with van der Waals surface area (Å²) in [5.41, 5.74) is 3.11. The molecule has 1 heteroatoms. The maximum absolute atomic E-state index is 3.73. The molecule has 0 aliphatic heterocycles. The van der Waals surface area contributed by atoms with E-state index >= 15 is 0 Å². The first kappa shape index (κ1) is 14.6. The molecular weight excluding hydrogens is 230 g/mol. The van der Waals surface area contributed by atoms with Gasteiger partial charge in [-0.25, -0.2) is 0 Å². The summed E-state index contributed by atoms with van der Waals surface area (Å²) >= 11 is 0. The second kappa shape index (κ2) is 8.37. The topological polar surface area (TPSA) is 12.0 Å². The molecule has 19 heavy (non-hydrogen) atoms. The maximum Gasteiger partial charge on any atom is 0.0148 e. The van der Waals surface area contributed by atoms with Gasteiger partial charge in [-0.1, -0.05) is 69.7 Å². The summed E-state index contributed by atoms with van der Waals surface area (Å²) in [7, 11) is 0. The highest BCUT2D eigenvalue weighted by molar-refractivity contribution is 5.33. The fraction of sp³-hybridized carbons (Fsp3) is 0.667. The maximum atomic E-state index is 3.73. The Balaban J connectivity index is 1.49. The predicted octanol–water partition coefficient (Wildman–Crippen LogP) is 4.49. The lowest BCUT2D eigenvalue weighted by molar-refractivity contribution is 0.501. The Bertz CT molecular complexity index is 333. The van der Waals surface area contributed by atoms with Crippen molar-refractivity contribution in [1.29, 1.82) is 0 Å². The molecule has 106 valence electrons. The van der Waals surface area contributed by atoms with Crippen LogP contribution in [0.2, 0.25) is 0 Å². The van der Waals surface area contributed by atoms with E-state index in [9.17, 15) is 0 Å². The Kier molecular flexibility index (Phi) is 6.43. The number of fused-ring (bicyclic) bond motifs is 1. The summed E-state index contributed by atoms with van der Waals surface area (Å²) in [6, 6.07) is 9.59. The van der Waals surface area contributed by atoms with E-state index in [0.29, 0.717) is 6.04 Å². The van der Waals surface area contributed by atoms with E-state index in [0.717, 1.165) is 0 Å². The highest BCUT2D eigenvalue weighted by atomic mass is 14.9. The zero-order chi connectivity index (χ0) is 13.3. The molecule has 0 bridgehead atoms. The van der Waals surface area contributed by atoms with Gasteiger partial charge in [-0.3, -0.25) is 0 Å². The van der Waals surface area contributed by atoms with Crippen LogP contribution in [-0.2, 0) is 12.8 Å². The van der Waals surface area contributed by atoms with Gasteiger partial charge < -0.3 is 5.32 Å². The van der Waals surface area contributed by atoms with Gasteiger partial charge in [-0.05, 0) is 36.9 Å². The molecule has 1 aromatic rings. The smallest absolute Gasteiger partial charge is 0.0148 e. The molecule has 0 saturated carbocycles. The number of benzene rings is 1. The monoisotopic (exact) mass is 259 g/mol. The molecule has 1 aromatic carbocycles. The van der Waals surface area contributed by atoms with Gasteiger partial charge in [-0.2, -0.15) is 0 Å². The highest BCUT2D eigenvalue weighted by Crippen LogP contribution is 2.21. The van der Waals surface area contributed by atoms with Crippen LogP contribution in [0, 0.1) is 0 Å². The standard InChI is InChI=1S/C18H29N/c1-2-3-4-5-6-7-10-13-19-18-14-16-11-8-9-12-17(16)15-18/h8-9,11-12,18-19H,2-7,10,13-15H2,1H3. The van der Waals surface area contributed by atoms with Gasteiger partial charge in [-0.15, -0.1) is 0 Å². The largest absolute Gasteiger partial charge is 0.313 e. The lowest BCUT2D eigenvalue weighted by Gasteiger charge is -2.11. The summed E-state index contributed by atoms with van der Waals surface area (Å²) in [5, 5.41) is 3.73. The van der Waals surface area contributed by atoms with Crippen LogP contribution in [0.3, 0.4) is 0 Å². The molecule has 0 saturated heterocycles. The Morgan fingerprint density at radius 1 is 0.895 bits per heavy atom. The first-order chi connectivity index (χ1) is 9.40. The van der Waals surface area contributed by atoms with Crippen molar-refractivity contribution in [3.05, 3.63) is 35.4 Å². The average Bonchev–Trinajstić information content (AvgIpc) is 2.84. The van der Waals surface area contributed by atoms with Crippen LogP contribution in [0.1, 0.15) is 63.0 Å². The zero-order valence-corrected chi connectivity index (χ0v) is 12.5. The number of rotatable bonds is 9. The number of hydrogen-bond donors (Lipinski definition) is 1. The zero-order valence-electron chi connectivity index (χ0n) is 12.5. The molecule has 0 amide bonds. The molecular formula is C18H29N. The molecule has 1 N–H and O–H groups in total. The summed E-state index contributed by atoms with van der Waals surface area (Å²) in [5.74, 6) is 0. The van der Waals surface area contributed by atoms with Crippen LogP contribution in [0.15, 0.2) is 24.3 Å². The van der Waals surface area contributed by atoms with Gasteiger partial charge in [0.05, 0.1) is 0 Å². The summed E-state index contributed by atoms with van der Waals surface area (Å²) in [6.07, 6.45) is 12.3. The van der Waals surface area contributed by atoms with Gasteiger partial charge in [0.2, 0.25) is 0 Å². The van der Waals surface area contributed by atoms with E-state index in [1.807, 2.05) is 0 Å². The van der Waals surface area contributed by atoms with Crippen LogP contribution in [0.25, 0.3) is 0 Å². The van der Waals surface area contributed by atoms with E-state index in [2.05, 4.69) is 36.5 Å². The van der Waals surface area contributed by atoms with Gasteiger partial charge in [0, 0.05) is 6.04 Å². The molecule has 0 aromatic heterocycles. The third-order valence-corrected chi connectivity index (χ3v) is 4.26. The summed E-state index contributed by atoms with van der Waals surface area (Å²) < 4.78 is 0. The van der Waals surface area contributed by atoms with Crippen molar-refractivity contribution in [2.45, 2.75) is 70.8 Å². The van der Waals surface area contributed by atoms with Crippen LogP contribution >= 0.6 is 0 Å². The average molecular weight is 259 g/mol. The van der Waals surface area contributed by atoms with Gasteiger partial charge >= 0.3 is 0 Å². The Labute approximate surface area is 118 Å². The van der Waals surface area contributed by atoms with E-state index in [-0.39, 0.29) is 0 Å². The fourth-order valence-electron chi connectivity index (χ4n) is 3.09. The molecule has 0 unspecified atom stereocenters. The SMILES string of the molecule is CCCCCCCCCNC1Cc2ccccc2C1. The minimum absolute atomic E-state index is 0.692. The normalized spacial score (nSPS) is 14.8. The Morgan fingerprint density at radius 3 is 2.11 bits per heavy atom. The van der Waals surface area contributed by atoms with Crippen molar-refractivity contribution in [1.82, 2.24) is 5.32 Å². The van der Waals surface area contributed by atoms with Crippen molar-refractivity contribution in [2.75, 3.05) is 6.54 Å². The number of nitrogens with one attached hydrogen (secondary N) is 1. The molecule has 0 fully saturated rings. The van der Waals surface area contributed by atoms with Gasteiger partial charge in [0.25, 0.3) is 0 Å². The number of unbranched alkanes of at least 4 members (excludes halogenated alkanes) is 6. The molecule has 1 nitrogen and oxygen atoms in total. The molecule has 0 spiro atoms. The van der Waals surface area contributed by atoms with E-state index < -0.39 is 0 Å². The van der Waals surface area contributed by atoms with E-state index in [4.69, 9.17) is 0 Å². The highest BCUT2D eigenvalue weighted by Gasteiger charge is 2.19. The Morgan fingerprint density at radius 2 is 1.47 bits per heavy atom. The first-order valence-corrected chi connectivity index (χ1v) is 8.20. The predicted molar refractivity (Wildman–Crippen MR) is 83.6 cm³/mol. The fourth-order valence-corrected chi connectivity index (χ4v) is 3.09. The molecule has 0 heterocycles. The minimum Gasteiger partial charge on any atom is -0.313 e. The third-order valence-electron chi connectivity index (χ3n) is 4.26. The van der Waals surface area contributed by atoms with Crippen molar-refractivity contribution >= 4 is 0 Å². The van der Waals surface area contributed by atoms with E-state index in [1.165, 1.54) is 64.3 Å². The molecule has 1 aliphatic rings. The van der Waals surface area contributed by atoms with Crippen LogP contribution in [-0.4, -0.2) is 12.6 Å². The molecule has 1 aliphatic carbocycles. The van der Waals surface area contributed by atoms with E-state index in [1.54, 1.807) is 11.1 Å². The van der Waals surface area contributed by atoms with Gasteiger partial charge in [0.15, 0.2) is 0 Å². The van der Waals surface area contributed by atoms with Crippen molar-refractivity contribution in [2.24, 2.45) is 0 Å². The van der Waals surface area contributed by atoms with Crippen molar-refractivity contribution in [3.63, 3.8) is 0 Å². The lowest BCUT2D eigenvalue weighted by atomic mass is 10.1. The second-order valence-electron chi connectivity index (χ2n) is 5.95. The number of hydrogen-bond acceptors (Lipinski definition) is 1. The first-order valence-electron chi connectivity index (χ1n) is 8.20. The van der Waals surface area contributed by atoms with Crippen LogP contribution in [0.4, 0.5) is 0 Å². The van der Waals surface area contributed by atoms with Crippen LogP contribution in [0.5, 0.6) is 0 Å². The van der Waals surface area contributed by atoms with Crippen LogP contribution < -0.4 is 5.32 Å². The Hall–Kier alpha value is -0.820. The third kappa shape index (κ3) is 4.99. The second-order valence-corrected chi connectivity index (χ2v) is 5.95. The van der Waals surface area contributed by atoms with Crippen molar-refractivity contribution < 1.29 is 0 Å². The lowest BCUT2D eigenvalue weighted by Crippen LogP contribution is -2.30.